The quantitative estimate of drug-likeness (QED) is 0.0401. The third kappa shape index (κ3) is 27.6. The molecule has 100 heavy (non-hydrogen) atoms. The summed E-state index contributed by atoms with van der Waals surface area (Å²) in [7, 11) is 0. The molecule has 2 aliphatic rings. The molecule has 15 atom stereocenters. The molecule has 0 radical (unpaired) electrons. The van der Waals surface area contributed by atoms with Crippen molar-refractivity contribution in [1.29, 1.82) is 0 Å². The molecule has 2 aromatic rings. The van der Waals surface area contributed by atoms with Crippen molar-refractivity contribution < 1.29 is 77.3 Å². The SMILES string of the molecule is CCC(C)C(N)C1=NC(C(=O)N[C@@H](CC(C)C)C(=O)N[C@H](CCC(=O)O)C(=O)N[C@H](C(=O)N[C@H]2CCCCNC(=O)[C@@H](CC(N)=O)NC(=O)[C@@H](CC(=O)O)NC(=O)[C@@H](Cc3cnc[nH]3)NC(=O)[C@@H](Cc3ccccc3)NC(=O)[C@@H]([C@@H](C)CC)NC(=O)[C@@H](CCCN)NC2=O)[C@@H](C)CC)CS1. The van der Waals surface area contributed by atoms with Crippen LogP contribution in [-0.2, 0) is 80.0 Å². The summed E-state index contributed by atoms with van der Waals surface area (Å²) in [5.74, 6) is -15.4. The van der Waals surface area contributed by atoms with Gasteiger partial charge in [-0.3, -0.25) is 72.1 Å². The first kappa shape index (κ1) is 83.4. The van der Waals surface area contributed by atoms with Crippen molar-refractivity contribution >= 4 is 99.6 Å². The van der Waals surface area contributed by atoms with Crippen molar-refractivity contribution in [2.45, 2.75) is 224 Å². The maximum atomic E-state index is 14.9. The Kier molecular flexibility index (Phi) is 35.1. The zero-order valence-corrected chi connectivity index (χ0v) is 59.0. The molecule has 1 aromatic heterocycles. The molecule has 3 unspecified atom stereocenters. The first-order chi connectivity index (χ1) is 47.4. The number of benzene rings is 1. The van der Waals surface area contributed by atoms with Gasteiger partial charge in [0, 0.05) is 43.5 Å². The molecule has 2 aliphatic heterocycles. The molecule has 0 aliphatic carbocycles. The molecule has 0 bridgehead atoms. The van der Waals surface area contributed by atoms with Gasteiger partial charge in [0.15, 0.2) is 0 Å². The summed E-state index contributed by atoms with van der Waals surface area (Å²) in [6, 6.07) is -8.34. The van der Waals surface area contributed by atoms with Crippen LogP contribution in [0.15, 0.2) is 47.8 Å². The number of nitrogens with two attached hydrogens (primary N) is 3. The summed E-state index contributed by atoms with van der Waals surface area (Å²) in [6.45, 7) is 14.1. The summed E-state index contributed by atoms with van der Waals surface area (Å²) in [5, 5.41) is 49.1. The number of hydrogen-bond donors (Lipinski definition) is 17. The highest BCUT2D eigenvalue weighted by Gasteiger charge is 2.40. The number of H-pyrrole nitrogens is 1. The first-order valence-electron chi connectivity index (χ1n) is 34.1. The van der Waals surface area contributed by atoms with Gasteiger partial charge in [-0.1, -0.05) is 105 Å². The van der Waals surface area contributed by atoms with Gasteiger partial charge in [0.1, 0.15) is 66.5 Å². The van der Waals surface area contributed by atoms with Crippen molar-refractivity contribution in [3.05, 3.63) is 54.1 Å². The van der Waals surface area contributed by atoms with Crippen LogP contribution in [-0.4, -0.2) is 199 Å². The first-order valence-corrected chi connectivity index (χ1v) is 35.1. The molecule has 0 saturated carbocycles. The van der Waals surface area contributed by atoms with Gasteiger partial charge in [0.25, 0.3) is 0 Å². The molecule has 1 saturated heterocycles. The molecular formula is C66H103N17O16S. The summed E-state index contributed by atoms with van der Waals surface area (Å²) in [4.78, 5) is 207. The van der Waals surface area contributed by atoms with Crippen LogP contribution in [0.5, 0.6) is 0 Å². The number of hydrogen-bond acceptors (Lipinski definition) is 19. The Morgan fingerprint density at radius 2 is 1.26 bits per heavy atom. The minimum Gasteiger partial charge on any atom is -0.481 e. The number of aliphatic carboxylic acids is 2. The fourth-order valence-corrected chi connectivity index (χ4v) is 12.0. The molecule has 12 amide bonds. The summed E-state index contributed by atoms with van der Waals surface area (Å²) in [6.07, 6.45) is 0.368. The minimum atomic E-state index is -1.94. The van der Waals surface area contributed by atoms with Crippen LogP contribution in [0.4, 0.5) is 0 Å². The van der Waals surface area contributed by atoms with Crippen LogP contribution < -0.4 is 75.7 Å². The third-order valence-corrected chi connectivity index (χ3v) is 18.6. The fraction of sp³-hybridized carbons (Fsp3) is 0.636. The van der Waals surface area contributed by atoms with Crippen molar-refractivity contribution in [2.24, 2.45) is 45.9 Å². The number of rotatable bonds is 31. The Labute approximate surface area is 586 Å². The number of aromatic nitrogens is 2. The van der Waals surface area contributed by atoms with E-state index in [1.165, 1.54) is 24.3 Å². The molecule has 33 nitrogen and oxygen atoms in total. The van der Waals surface area contributed by atoms with Gasteiger partial charge >= 0.3 is 11.9 Å². The monoisotopic (exact) mass is 1420 g/mol. The highest BCUT2D eigenvalue weighted by molar-refractivity contribution is 8.14. The van der Waals surface area contributed by atoms with E-state index in [0.717, 1.165) is 6.42 Å². The number of amides is 12. The Balaban J connectivity index is 1.77. The Bertz CT molecular complexity index is 3160. The van der Waals surface area contributed by atoms with E-state index in [4.69, 9.17) is 17.2 Å². The van der Waals surface area contributed by atoms with E-state index >= 15 is 0 Å². The Morgan fingerprint density at radius 1 is 0.660 bits per heavy atom. The zero-order valence-electron chi connectivity index (χ0n) is 58.2. The van der Waals surface area contributed by atoms with Crippen molar-refractivity contribution in [2.75, 3.05) is 18.8 Å². The van der Waals surface area contributed by atoms with Crippen LogP contribution in [0.2, 0.25) is 0 Å². The second-order valence-corrected chi connectivity index (χ2v) is 27.0. The number of thioether (sulfide) groups is 1. The standard InChI is InChI=1S/C66H103N17O16S/c1-9-35(6)52(69)66-81-48(32-100-66)63(97)76-43(26-34(4)5)59(93)74-42(22-23-50(85)86)58(92)83-53(36(7)10-2)64(98)75-40-20-15-16-25-71-55(89)46(29-49(68)84)78-62(96)47(30-51(87)88)79-61(95)45(28-39-31-70-33-72-39)77-60(94)44(27-38-18-13-12-14-19-38)80-65(99)54(37(8)11-3)82-57(91)41(21-17-24-67)73-56(40)90/h12-14,18-19,31,33-37,40-48,52-54H,9-11,15-17,20-30,32,67,69H2,1-8H3,(H2,68,84)(H,70,72)(H,71,89)(H,73,90)(H,74,93)(H,75,98)(H,76,97)(H,77,94)(H,78,96)(H,79,95)(H,80,99)(H,82,91)(H,83,92)(H,85,86)(H,87,88)/t35?,36-,37-,40-,41+,42+,43-,44+,45+,46+,47+,48?,52?,53-,54+/m0/s1. The molecule has 1 aromatic carbocycles. The van der Waals surface area contributed by atoms with Gasteiger partial charge in [-0.05, 0) is 80.7 Å². The molecule has 1 fully saturated rings. The molecule has 0 spiro atoms. The number of carbonyl (C=O) groups is 14. The van der Waals surface area contributed by atoms with Crippen LogP contribution in [0.25, 0.3) is 0 Å². The van der Waals surface area contributed by atoms with Gasteiger partial charge in [-0.25, -0.2) is 4.98 Å². The lowest BCUT2D eigenvalue weighted by Gasteiger charge is -2.30. The molecule has 34 heteroatoms. The average molecular weight is 1420 g/mol. The summed E-state index contributed by atoms with van der Waals surface area (Å²) in [5.41, 5.74) is 18.7. The fourth-order valence-electron chi connectivity index (χ4n) is 10.9. The predicted octanol–water partition coefficient (Wildman–Crippen LogP) is -1.68. The maximum Gasteiger partial charge on any atom is 0.305 e. The average Bonchev–Trinajstić information content (AvgIpc) is 1.37. The number of imidazole rings is 1. The molecular weight excluding hydrogens is 1320 g/mol. The number of carboxylic acid groups (broad SMARTS) is 2. The third-order valence-electron chi connectivity index (χ3n) is 17.5. The van der Waals surface area contributed by atoms with Crippen LogP contribution in [0, 0.1) is 23.7 Å². The lowest BCUT2D eigenvalue weighted by Crippen LogP contribution is -2.62. The van der Waals surface area contributed by atoms with Gasteiger partial charge in [0.05, 0.1) is 30.3 Å². The van der Waals surface area contributed by atoms with Crippen LogP contribution in [0.3, 0.4) is 0 Å². The number of aliphatic imine (C=N–C) groups is 1. The van der Waals surface area contributed by atoms with E-state index in [9.17, 15) is 77.3 Å². The van der Waals surface area contributed by atoms with E-state index in [0.29, 0.717) is 16.3 Å². The second kappa shape index (κ2) is 42.1. The highest BCUT2D eigenvalue weighted by Crippen LogP contribution is 2.25. The number of carbonyl (C=O) groups excluding carboxylic acids is 12. The lowest BCUT2D eigenvalue weighted by molar-refractivity contribution is -0.142. The maximum absolute atomic E-state index is 14.9. The van der Waals surface area contributed by atoms with Crippen LogP contribution >= 0.6 is 11.8 Å². The van der Waals surface area contributed by atoms with Gasteiger partial charge in [-0.2, -0.15) is 0 Å². The molecule has 3 heterocycles. The molecule has 4 rings (SSSR count). The van der Waals surface area contributed by atoms with Gasteiger partial charge in [0.2, 0.25) is 70.9 Å². The lowest BCUT2D eigenvalue weighted by atomic mass is 9.96. The number of primary amides is 1. The van der Waals surface area contributed by atoms with E-state index < -0.39 is 193 Å². The normalized spacial score (nSPS) is 23.1. The Morgan fingerprint density at radius 3 is 1.85 bits per heavy atom. The number of aromatic amines is 1. The van der Waals surface area contributed by atoms with Crippen molar-refractivity contribution in [3.8, 4) is 0 Å². The topological polar surface area (TPSA) is 531 Å². The van der Waals surface area contributed by atoms with Crippen molar-refractivity contribution in [3.63, 3.8) is 0 Å². The predicted molar refractivity (Wildman–Crippen MR) is 369 cm³/mol. The Hall–Kier alpha value is -9.05. The van der Waals surface area contributed by atoms with E-state index in [-0.39, 0.29) is 94.9 Å². The smallest absolute Gasteiger partial charge is 0.305 e. The van der Waals surface area contributed by atoms with E-state index in [1.54, 1.807) is 58.0 Å². The summed E-state index contributed by atoms with van der Waals surface area (Å²) < 4.78 is 0. The second-order valence-electron chi connectivity index (χ2n) is 26.0. The number of nitrogens with zero attached hydrogens (tertiary/aromatic N) is 2. The summed E-state index contributed by atoms with van der Waals surface area (Å²) >= 11 is 1.35. The van der Waals surface area contributed by atoms with E-state index in [1.807, 2.05) is 27.7 Å². The largest absolute Gasteiger partial charge is 0.481 e. The van der Waals surface area contributed by atoms with Crippen molar-refractivity contribution in [1.82, 2.24) is 68.5 Å². The minimum absolute atomic E-state index is 0.00117. The number of carboxylic acids is 2. The zero-order chi connectivity index (χ0) is 74.3. The molecule has 554 valence electrons. The highest BCUT2D eigenvalue weighted by atomic mass is 32.2. The van der Waals surface area contributed by atoms with Gasteiger partial charge < -0.3 is 90.9 Å². The van der Waals surface area contributed by atoms with E-state index in [2.05, 4.69) is 73.4 Å². The molecule has 20 N–H and O–H groups in total. The van der Waals surface area contributed by atoms with Gasteiger partial charge in [-0.15, -0.1) is 11.8 Å². The number of nitrogens with one attached hydrogen (secondary N) is 12. The van der Waals surface area contributed by atoms with Crippen LogP contribution in [0.1, 0.15) is 150 Å².